The van der Waals surface area contributed by atoms with Crippen LogP contribution in [0.4, 0.5) is 0 Å². The third-order valence-corrected chi connectivity index (χ3v) is 5.56. The van der Waals surface area contributed by atoms with Gasteiger partial charge in [-0.25, -0.2) is 8.42 Å². The Morgan fingerprint density at radius 1 is 1.37 bits per heavy atom. The number of nitrogens with one attached hydrogen (secondary N) is 1. The Bertz CT molecular complexity index is 393. The van der Waals surface area contributed by atoms with Crippen molar-refractivity contribution in [3.63, 3.8) is 0 Å². The van der Waals surface area contributed by atoms with Crippen molar-refractivity contribution in [2.75, 3.05) is 11.5 Å². The molecule has 0 spiro atoms. The SMILES string of the molecule is CCS(=O)(=O)CC(C)NC(=O)C[C@H]1CCCC[C@@H]1O. The summed E-state index contributed by atoms with van der Waals surface area (Å²) in [4.78, 5) is 11.8. The Kier molecular flexibility index (Phi) is 6.26. The highest BCUT2D eigenvalue weighted by atomic mass is 32.2. The van der Waals surface area contributed by atoms with E-state index in [1.165, 1.54) is 0 Å². The Hall–Kier alpha value is -0.620. The van der Waals surface area contributed by atoms with Crippen LogP contribution in [0.3, 0.4) is 0 Å². The first kappa shape index (κ1) is 16.4. The monoisotopic (exact) mass is 291 g/mol. The minimum Gasteiger partial charge on any atom is -0.393 e. The summed E-state index contributed by atoms with van der Waals surface area (Å²) in [6, 6.07) is -0.377. The molecular formula is C13H25NO4S. The van der Waals surface area contributed by atoms with Crippen molar-refractivity contribution in [2.45, 2.75) is 58.1 Å². The average molecular weight is 291 g/mol. The minimum atomic E-state index is -3.07. The van der Waals surface area contributed by atoms with Crippen LogP contribution in [0.1, 0.15) is 46.0 Å². The van der Waals surface area contributed by atoms with Crippen LogP contribution in [0.15, 0.2) is 0 Å². The van der Waals surface area contributed by atoms with E-state index in [1.807, 2.05) is 0 Å². The maximum absolute atomic E-state index is 11.8. The zero-order valence-electron chi connectivity index (χ0n) is 11.8. The second-order valence-corrected chi connectivity index (χ2v) is 7.88. The van der Waals surface area contributed by atoms with Crippen molar-refractivity contribution in [3.05, 3.63) is 0 Å². The molecule has 0 saturated heterocycles. The lowest BCUT2D eigenvalue weighted by atomic mass is 9.84. The van der Waals surface area contributed by atoms with Gasteiger partial charge in [-0.1, -0.05) is 19.8 Å². The van der Waals surface area contributed by atoms with E-state index < -0.39 is 15.9 Å². The summed E-state index contributed by atoms with van der Waals surface area (Å²) in [5.74, 6) is -0.0784. The van der Waals surface area contributed by atoms with Gasteiger partial charge in [-0.15, -0.1) is 0 Å². The summed E-state index contributed by atoms with van der Waals surface area (Å²) in [7, 11) is -3.07. The molecule has 0 bridgehead atoms. The zero-order valence-corrected chi connectivity index (χ0v) is 12.6. The van der Waals surface area contributed by atoms with Crippen molar-refractivity contribution < 1.29 is 18.3 Å². The van der Waals surface area contributed by atoms with Gasteiger partial charge in [-0.05, 0) is 25.7 Å². The number of carbonyl (C=O) groups excluding carboxylic acids is 1. The molecule has 1 saturated carbocycles. The van der Waals surface area contributed by atoms with Gasteiger partial charge in [0.25, 0.3) is 0 Å². The predicted octanol–water partition coefficient (Wildman–Crippen LogP) is 0.867. The first-order chi connectivity index (χ1) is 8.84. The molecule has 0 aliphatic heterocycles. The smallest absolute Gasteiger partial charge is 0.220 e. The van der Waals surface area contributed by atoms with E-state index in [-0.39, 0.29) is 35.8 Å². The summed E-state index contributed by atoms with van der Waals surface area (Å²) in [6.07, 6.45) is 3.60. The lowest BCUT2D eigenvalue weighted by Gasteiger charge is -2.27. The van der Waals surface area contributed by atoms with Crippen molar-refractivity contribution in [3.8, 4) is 0 Å². The Labute approximate surface area is 115 Å². The van der Waals surface area contributed by atoms with E-state index in [2.05, 4.69) is 5.32 Å². The summed E-state index contributed by atoms with van der Waals surface area (Å²) in [6.45, 7) is 3.30. The highest BCUT2D eigenvalue weighted by Gasteiger charge is 2.26. The number of hydrogen-bond acceptors (Lipinski definition) is 4. The largest absolute Gasteiger partial charge is 0.393 e. The van der Waals surface area contributed by atoms with Crippen molar-refractivity contribution in [1.82, 2.24) is 5.32 Å². The van der Waals surface area contributed by atoms with Crippen molar-refractivity contribution >= 4 is 15.7 Å². The molecule has 0 aromatic heterocycles. The van der Waals surface area contributed by atoms with Crippen LogP contribution in [0, 0.1) is 5.92 Å². The number of rotatable bonds is 6. The van der Waals surface area contributed by atoms with Crippen molar-refractivity contribution in [2.24, 2.45) is 5.92 Å². The van der Waals surface area contributed by atoms with Crippen LogP contribution in [-0.4, -0.2) is 43.1 Å². The summed E-state index contributed by atoms with van der Waals surface area (Å²) in [5.41, 5.74) is 0. The number of aliphatic hydroxyl groups is 1. The number of aliphatic hydroxyl groups excluding tert-OH is 1. The quantitative estimate of drug-likeness (QED) is 0.760. The molecule has 0 heterocycles. The standard InChI is InChI=1S/C13H25NO4S/c1-3-19(17,18)9-10(2)14-13(16)8-11-6-4-5-7-12(11)15/h10-12,15H,3-9H2,1-2H3,(H,14,16)/t10?,11-,12+/m1/s1. The zero-order chi connectivity index (χ0) is 14.5. The van der Waals surface area contributed by atoms with Gasteiger partial charge >= 0.3 is 0 Å². The predicted molar refractivity (Wildman–Crippen MR) is 74.5 cm³/mol. The van der Waals surface area contributed by atoms with Gasteiger partial charge in [-0.3, -0.25) is 4.79 Å². The Morgan fingerprint density at radius 3 is 2.58 bits per heavy atom. The molecule has 5 nitrogen and oxygen atoms in total. The lowest BCUT2D eigenvalue weighted by molar-refractivity contribution is -0.123. The number of sulfone groups is 1. The highest BCUT2D eigenvalue weighted by Crippen LogP contribution is 2.26. The third kappa shape index (κ3) is 5.91. The molecule has 6 heteroatoms. The maximum atomic E-state index is 11.8. The van der Waals surface area contributed by atoms with E-state index in [0.717, 1.165) is 25.7 Å². The fourth-order valence-electron chi connectivity index (χ4n) is 2.54. The lowest BCUT2D eigenvalue weighted by Crippen LogP contribution is -2.40. The highest BCUT2D eigenvalue weighted by molar-refractivity contribution is 7.91. The van der Waals surface area contributed by atoms with E-state index in [0.29, 0.717) is 0 Å². The van der Waals surface area contributed by atoms with Gasteiger partial charge in [0.15, 0.2) is 9.84 Å². The minimum absolute atomic E-state index is 0.0173. The van der Waals surface area contributed by atoms with Gasteiger partial charge < -0.3 is 10.4 Å². The third-order valence-electron chi connectivity index (χ3n) is 3.67. The first-order valence-corrected chi connectivity index (χ1v) is 8.84. The van der Waals surface area contributed by atoms with Gasteiger partial charge in [0.1, 0.15) is 0 Å². The van der Waals surface area contributed by atoms with Gasteiger partial charge in [0.05, 0.1) is 11.9 Å². The molecular weight excluding hydrogens is 266 g/mol. The Morgan fingerprint density at radius 2 is 2.00 bits per heavy atom. The molecule has 3 atom stereocenters. The van der Waals surface area contributed by atoms with Crippen LogP contribution in [0.5, 0.6) is 0 Å². The average Bonchev–Trinajstić information content (AvgIpc) is 2.31. The summed E-state index contributed by atoms with van der Waals surface area (Å²) < 4.78 is 22.9. The number of carbonyl (C=O) groups is 1. The van der Waals surface area contributed by atoms with Crippen LogP contribution in [0.2, 0.25) is 0 Å². The molecule has 1 aliphatic carbocycles. The van der Waals surface area contributed by atoms with E-state index >= 15 is 0 Å². The van der Waals surface area contributed by atoms with E-state index in [1.54, 1.807) is 13.8 Å². The molecule has 2 N–H and O–H groups in total. The number of hydrogen-bond donors (Lipinski definition) is 2. The first-order valence-electron chi connectivity index (χ1n) is 7.02. The molecule has 1 rings (SSSR count). The topological polar surface area (TPSA) is 83.5 Å². The molecule has 1 aliphatic rings. The van der Waals surface area contributed by atoms with Crippen LogP contribution < -0.4 is 5.32 Å². The molecule has 0 radical (unpaired) electrons. The van der Waals surface area contributed by atoms with E-state index in [4.69, 9.17) is 0 Å². The summed E-state index contributed by atoms with van der Waals surface area (Å²) >= 11 is 0. The second-order valence-electron chi connectivity index (χ2n) is 5.48. The fraction of sp³-hybridized carbons (Fsp3) is 0.923. The second kappa shape index (κ2) is 7.24. The molecule has 1 amide bonds. The van der Waals surface area contributed by atoms with E-state index in [9.17, 15) is 18.3 Å². The van der Waals surface area contributed by atoms with Crippen LogP contribution in [-0.2, 0) is 14.6 Å². The number of amides is 1. The molecule has 0 aromatic carbocycles. The van der Waals surface area contributed by atoms with Gasteiger partial charge in [0, 0.05) is 18.2 Å². The van der Waals surface area contributed by atoms with Crippen LogP contribution >= 0.6 is 0 Å². The fourth-order valence-corrected chi connectivity index (χ4v) is 3.62. The van der Waals surface area contributed by atoms with Crippen molar-refractivity contribution in [1.29, 1.82) is 0 Å². The van der Waals surface area contributed by atoms with Crippen LogP contribution in [0.25, 0.3) is 0 Å². The molecule has 0 aromatic rings. The molecule has 112 valence electrons. The van der Waals surface area contributed by atoms with Gasteiger partial charge in [-0.2, -0.15) is 0 Å². The molecule has 1 unspecified atom stereocenters. The Balaban J connectivity index is 2.38. The molecule has 19 heavy (non-hydrogen) atoms. The summed E-state index contributed by atoms with van der Waals surface area (Å²) in [5, 5.41) is 12.5. The maximum Gasteiger partial charge on any atom is 0.220 e. The molecule has 1 fully saturated rings. The van der Waals surface area contributed by atoms with Gasteiger partial charge in [0.2, 0.25) is 5.91 Å². The normalized spacial score (nSPS) is 25.8.